The number of aromatic nitrogens is 1. The molecule has 5 heterocycles. The molecule has 6 rings (SSSR count). The van der Waals surface area contributed by atoms with Crippen molar-refractivity contribution in [2.75, 3.05) is 0 Å². The van der Waals surface area contributed by atoms with E-state index < -0.39 is 0 Å². The van der Waals surface area contributed by atoms with Crippen molar-refractivity contribution in [1.29, 1.82) is 0 Å². The van der Waals surface area contributed by atoms with Gasteiger partial charge in [-0.3, -0.25) is 0 Å². The van der Waals surface area contributed by atoms with E-state index in [4.69, 9.17) is 15.0 Å². The molecule has 1 aromatic heterocycles. The molecule has 4 aliphatic heterocycles. The molecule has 0 unspecified atom stereocenters. The van der Waals surface area contributed by atoms with Crippen LogP contribution < -0.4 is 0 Å². The monoisotopic (exact) mass is 508 g/mol. The molecule has 1 aromatic rings. The van der Waals surface area contributed by atoms with Crippen molar-refractivity contribution in [2.24, 2.45) is 15.0 Å². The maximum atomic E-state index is 10.3. The van der Waals surface area contributed by atoms with Gasteiger partial charge < -0.3 is 10.1 Å². The van der Waals surface area contributed by atoms with Gasteiger partial charge in [-0.25, -0.2) is 15.0 Å². The summed E-state index contributed by atoms with van der Waals surface area (Å²) in [7, 11) is 0. The molecule has 39 heavy (non-hydrogen) atoms. The van der Waals surface area contributed by atoms with Crippen molar-refractivity contribution >= 4 is 28.8 Å². The highest BCUT2D eigenvalue weighted by atomic mass is 16.2. The van der Waals surface area contributed by atoms with Crippen molar-refractivity contribution in [3.63, 3.8) is 0 Å². The highest BCUT2D eigenvalue weighted by molar-refractivity contribution is 6.33. The van der Waals surface area contributed by atoms with Gasteiger partial charge in [-0.05, 0) is 85.6 Å². The fourth-order valence-electron chi connectivity index (χ4n) is 5.16. The number of aliphatic imine (C=N–C) groups is 3. The molecule has 1 aliphatic carbocycles. The SMILES string of the molecule is C=C/C=C(\C=C/C)C1=C2C=CC(=N2)C(=CO)C2=NC(=C(C3=CCCC=C3)C3=NC(=Cc4ccc1[nH]4)C=C3)C=C2. The van der Waals surface area contributed by atoms with Crippen molar-refractivity contribution in [3.05, 3.63) is 155 Å². The highest BCUT2D eigenvalue weighted by Gasteiger charge is 2.24. The number of H-pyrrole nitrogens is 1. The third kappa shape index (κ3) is 4.59. The summed E-state index contributed by atoms with van der Waals surface area (Å²) in [6.07, 6.45) is 31.4. The second-order valence-electron chi connectivity index (χ2n) is 9.45. The van der Waals surface area contributed by atoms with Gasteiger partial charge >= 0.3 is 0 Å². The number of aliphatic hydroxyl groups is 1. The second kappa shape index (κ2) is 10.4. The Balaban J connectivity index is 1.60. The minimum absolute atomic E-state index is 0.559. The standard InChI is InChI=1S/C34H28N4O/c1-3-8-22(9-4-2)33-29-14-12-24(35-29)20-25-13-15-30(36-25)34(23-10-6-5-7-11-23)32-19-17-28(38-32)26(21-39)27-16-18-31(33)37-27/h3-4,6,8-21,35,39H,1,5,7H2,2H3/b9-4-,22-8+,25-20?,26-21?,33-31?,34-32?. The van der Waals surface area contributed by atoms with Crippen LogP contribution in [0.5, 0.6) is 0 Å². The lowest BCUT2D eigenvalue weighted by atomic mass is 9.94. The number of hydrogen-bond acceptors (Lipinski definition) is 4. The van der Waals surface area contributed by atoms with E-state index in [0.29, 0.717) is 17.0 Å². The van der Waals surface area contributed by atoms with E-state index in [9.17, 15) is 5.11 Å². The summed E-state index contributed by atoms with van der Waals surface area (Å²) in [5.41, 5.74) is 11.0. The molecule has 8 bridgehead atoms. The molecule has 0 spiro atoms. The predicted molar refractivity (Wildman–Crippen MR) is 163 cm³/mol. The third-order valence-corrected chi connectivity index (χ3v) is 6.89. The van der Waals surface area contributed by atoms with Crippen LogP contribution in [0.4, 0.5) is 0 Å². The summed E-state index contributed by atoms with van der Waals surface area (Å²) in [6.45, 7) is 5.90. The minimum atomic E-state index is 0.559. The minimum Gasteiger partial charge on any atom is -0.515 e. The zero-order valence-corrected chi connectivity index (χ0v) is 21.7. The predicted octanol–water partition coefficient (Wildman–Crippen LogP) is 7.77. The van der Waals surface area contributed by atoms with Crippen LogP contribution in [0.1, 0.15) is 31.2 Å². The zero-order valence-electron chi connectivity index (χ0n) is 21.7. The first kappa shape index (κ1) is 24.3. The number of aliphatic hydroxyl groups excluding tert-OH is 1. The molecular weight excluding hydrogens is 480 g/mol. The van der Waals surface area contributed by atoms with Crippen LogP contribution in [0.3, 0.4) is 0 Å². The Kier molecular flexibility index (Phi) is 6.47. The first-order chi connectivity index (χ1) is 19.2. The Morgan fingerprint density at radius 2 is 1.72 bits per heavy atom. The largest absolute Gasteiger partial charge is 0.515 e. The van der Waals surface area contributed by atoms with E-state index in [0.717, 1.165) is 75.6 Å². The summed E-state index contributed by atoms with van der Waals surface area (Å²) < 4.78 is 0. The Hall–Kier alpha value is -5.03. The lowest BCUT2D eigenvalue weighted by molar-refractivity contribution is 0.472. The highest BCUT2D eigenvalue weighted by Crippen LogP contribution is 2.34. The van der Waals surface area contributed by atoms with Crippen molar-refractivity contribution < 1.29 is 5.11 Å². The molecule has 2 N–H and O–H groups in total. The molecule has 0 radical (unpaired) electrons. The summed E-state index contributed by atoms with van der Waals surface area (Å²) in [5.74, 6) is 0. The third-order valence-electron chi connectivity index (χ3n) is 6.89. The van der Waals surface area contributed by atoms with Crippen LogP contribution in [-0.4, -0.2) is 27.2 Å². The van der Waals surface area contributed by atoms with E-state index in [1.54, 1.807) is 6.08 Å². The molecule has 0 saturated carbocycles. The van der Waals surface area contributed by atoms with E-state index >= 15 is 0 Å². The van der Waals surface area contributed by atoms with Crippen LogP contribution in [0.25, 0.3) is 11.6 Å². The maximum Gasteiger partial charge on any atom is 0.0907 e. The van der Waals surface area contributed by atoms with Gasteiger partial charge in [-0.2, -0.15) is 0 Å². The summed E-state index contributed by atoms with van der Waals surface area (Å²) >= 11 is 0. The van der Waals surface area contributed by atoms with Crippen molar-refractivity contribution in [3.8, 4) is 0 Å². The molecule has 0 amide bonds. The molecule has 5 heteroatoms. The van der Waals surface area contributed by atoms with Gasteiger partial charge in [0.15, 0.2) is 0 Å². The van der Waals surface area contributed by atoms with E-state index in [1.165, 1.54) is 0 Å². The Morgan fingerprint density at radius 3 is 2.46 bits per heavy atom. The van der Waals surface area contributed by atoms with Gasteiger partial charge in [0.05, 0.1) is 46.1 Å². The van der Waals surface area contributed by atoms with Crippen LogP contribution in [0, 0.1) is 0 Å². The van der Waals surface area contributed by atoms with Crippen LogP contribution in [0.2, 0.25) is 0 Å². The molecule has 0 fully saturated rings. The summed E-state index contributed by atoms with van der Waals surface area (Å²) in [6, 6.07) is 4.11. The second-order valence-corrected chi connectivity index (χ2v) is 9.45. The summed E-state index contributed by atoms with van der Waals surface area (Å²) in [5, 5.41) is 10.3. The van der Waals surface area contributed by atoms with Gasteiger partial charge in [0.25, 0.3) is 0 Å². The summed E-state index contributed by atoms with van der Waals surface area (Å²) in [4.78, 5) is 18.5. The molecular formula is C34H28N4O. The van der Waals surface area contributed by atoms with Crippen LogP contribution >= 0.6 is 0 Å². The van der Waals surface area contributed by atoms with E-state index in [1.807, 2.05) is 73.8 Å². The van der Waals surface area contributed by atoms with Crippen molar-refractivity contribution in [1.82, 2.24) is 4.98 Å². The maximum absolute atomic E-state index is 10.3. The molecule has 0 aromatic carbocycles. The molecule has 0 saturated heterocycles. The molecule has 5 nitrogen and oxygen atoms in total. The van der Waals surface area contributed by atoms with Gasteiger partial charge in [0.2, 0.25) is 0 Å². The normalized spacial score (nSPS) is 21.2. The van der Waals surface area contributed by atoms with E-state index in [-0.39, 0.29) is 0 Å². The number of fused-ring (bicyclic) bond motifs is 5. The Morgan fingerprint density at radius 1 is 0.923 bits per heavy atom. The number of nitrogens with zero attached hydrogens (tertiary/aromatic N) is 3. The van der Waals surface area contributed by atoms with Gasteiger partial charge in [-0.15, -0.1) is 0 Å². The van der Waals surface area contributed by atoms with Gasteiger partial charge in [-0.1, -0.05) is 49.1 Å². The lowest BCUT2D eigenvalue weighted by Gasteiger charge is -2.13. The van der Waals surface area contributed by atoms with Crippen LogP contribution in [0.15, 0.2) is 158 Å². The fraction of sp³-hybridized carbons (Fsp3) is 0.0882. The molecule has 190 valence electrons. The molecule has 0 atom stereocenters. The van der Waals surface area contributed by atoms with E-state index in [2.05, 4.69) is 35.9 Å². The number of hydrogen-bond donors (Lipinski definition) is 2. The number of rotatable bonds is 4. The fourth-order valence-corrected chi connectivity index (χ4v) is 5.16. The first-order valence-corrected chi connectivity index (χ1v) is 13.1. The Labute approximate surface area is 228 Å². The smallest absolute Gasteiger partial charge is 0.0907 e. The number of allylic oxidation sites excluding steroid dienone is 18. The average Bonchev–Trinajstić information content (AvgIpc) is 3.76. The zero-order chi connectivity index (χ0) is 26.8. The van der Waals surface area contributed by atoms with Crippen LogP contribution in [-0.2, 0) is 0 Å². The van der Waals surface area contributed by atoms with Crippen molar-refractivity contribution in [2.45, 2.75) is 19.8 Å². The number of aromatic amines is 1. The average molecular weight is 509 g/mol. The quantitative estimate of drug-likeness (QED) is 0.316. The van der Waals surface area contributed by atoms with Gasteiger partial charge in [0, 0.05) is 22.5 Å². The van der Waals surface area contributed by atoms with Gasteiger partial charge in [0.1, 0.15) is 0 Å². The Bertz CT molecular complexity index is 1710. The first-order valence-electron chi connectivity index (χ1n) is 13.1. The number of nitrogens with one attached hydrogen (secondary N) is 1. The topological polar surface area (TPSA) is 73.1 Å². The molecule has 5 aliphatic rings. The lowest BCUT2D eigenvalue weighted by Crippen LogP contribution is -2.08.